The Kier molecular flexibility index (Phi) is 6.25. The van der Waals surface area contributed by atoms with Gasteiger partial charge in [-0.25, -0.2) is 0 Å². The number of aromatic nitrogens is 1. The van der Waals surface area contributed by atoms with Gasteiger partial charge < -0.3 is 10.1 Å². The molecule has 154 valence electrons. The van der Waals surface area contributed by atoms with E-state index >= 15 is 0 Å². The Morgan fingerprint density at radius 3 is 2.03 bits per heavy atom. The van der Waals surface area contributed by atoms with Gasteiger partial charge in [-0.3, -0.25) is 4.99 Å². The molecule has 3 aromatic rings. The molecule has 4 rings (SSSR count). The first-order chi connectivity index (χ1) is 15.1. The van der Waals surface area contributed by atoms with Gasteiger partial charge in [-0.2, -0.15) is 0 Å². The molecule has 0 spiro atoms. The number of aliphatic hydroxyl groups is 1. The molecule has 0 amide bonds. The Morgan fingerprint density at radius 1 is 0.871 bits per heavy atom. The Labute approximate surface area is 183 Å². The van der Waals surface area contributed by atoms with Gasteiger partial charge in [0.15, 0.2) is 0 Å². The van der Waals surface area contributed by atoms with Gasteiger partial charge in [0.05, 0.1) is 11.3 Å². The predicted molar refractivity (Wildman–Crippen MR) is 130 cm³/mol. The SMILES string of the molecule is CC(O)(C1=CC=N/C1=C\c1ccc[nH]1)C(/C=C/c1ccccc1)/C=C/c1ccccc1. The van der Waals surface area contributed by atoms with Gasteiger partial charge in [0.25, 0.3) is 0 Å². The van der Waals surface area contributed by atoms with Crippen molar-refractivity contribution in [3.05, 3.63) is 125 Å². The average Bonchev–Trinajstić information content (AvgIpc) is 3.48. The molecular weight excluding hydrogens is 380 g/mol. The fourth-order valence-electron chi connectivity index (χ4n) is 3.65. The highest BCUT2D eigenvalue weighted by atomic mass is 16.3. The van der Waals surface area contributed by atoms with Crippen molar-refractivity contribution in [1.82, 2.24) is 4.98 Å². The molecule has 1 unspecified atom stereocenters. The second-order valence-electron chi connectivity index (χ2n) is 7.73. The second kappa shape index (κ2) is 9.41. The third-order valence-electron chi connectivity index (χ3n) is 5.43. The number of benzene rings is 2. The summed E-state index contributed by atoms with van der Waals surface area (Å²) in [4.78, 5) is 7.66. The van der Waals surface area contributed by atoms with Crippen LogP contribution in [0.5, 0.6) is 0 Å². The summed E-state index contributed by atoms with van der Waals surface area (Å²) in [6, 6.07) is 24.2. The minimum Gasteiger partial charge on any atom is -0.384 e. The third kappa shape index (κ3) is 5.08. The molecule has 0 saturated carbocycles. The van der Waals surface area contributed by atoms with E-state index in [9.17, 15) is 5.11 Å². The molecule has 0 fully saturated rings. The number of aliphatic imine (C=N–C) groups is 1. The van der Waals surface area contributed by atoms with E-state index in [1.807, 2.05) is 73.8 Å². The van der Waals surface area contributed by atoms with Crippen LogP contribution in [-0.4, -0.2) is 21.9 Å². The molecule has 0 radical (unpaired) electrons. The van der Waals surface area contributed by atoms with Crippen LogP contribution in [0.15, 0.2) is 113 Å². The minimum absolute atomic E-state index is 0.257. The summed E-state index contributed by atoms with van der Waals surface area (Å²) in [7, 11) is 0. The highest BCUT2D eigenvalue weighted by Crippen LogP contribution is 2.36. The maximum absolute atomic E-state index is 11.7. The van der Waals surface area contributed by atoms with E-state index in [-0.39, 0.29) is 5.92 Å². The molecule has 31 heavy (non-hydrogen) atoms. The molecule has 2 N–H and O–H groups in total. The minimum atomic E-state index is -1.15. The number of hydrogen-bond acceptors (Lipinski definition) is 2. The van der Waals surface area contributed by atoms with Gasteiger partial charge in [-0.15, -0.1) is 0 Å². The van der Waals surface area contributed by atoms with Crippen molar-refractivity contribution in [2.24, 2.45) is 10.9 Å². The first kappa shape index (κ1) is 20.6. The summed E-state index contributed by atoms with van der Waals surface area (Å²) in [6.07, 6.45) is 15.7. The van der Waals surface area contributed by atoms with Gasteiger partial charge in [-0.05, 0) is 42.3 Å². The number of aromatic amines is 1. The van der Waals surface area contributed by atoms with Crippen LogP contribution < -0.4 is 0 Å². The smallest absolute Gasteiger partial charge is 0.0986 e. The average molecular weight is 407 g/mol. The summed E-state index contributed by atoms with van der Waals surface area (Å²) >= 11 is 0. The van der Waals surface area contributed by atoms with Gasteiger partial charge in [0.1, 0.15) is 0 Å². The first-order valence-electron chi connectivity index (χ1n) is 10.4. The fraction of sp³-hybridized carbons (Fsp3) is 0.107. The Hall–Kier alpha value is -3.69. The van der Waals surface area contributed by atoms with Crippen molar-refractivity contribution in [2.75, 3.05) is 0 Å². The van der Waals surface area contributed by atoms with E-state index in [2.05, 4.69) is 58.5 Å². The van der Waals surface area contributed by atoms with Gasteiger partial charge >= 0.3 is 0 Å². The summed E-state index contributed by atoms with van der Waals surface area (Å²) in [5, 5.41) is 11.7. The maximum atomic E-state index is 11.7. The van der Waals surface area contributed by atoms with Crippen LogP contribution in [0.1, 0.15) is 23.7 Å². The highest BCUT2D eigenvalue weighted by molar-refractivity contribution is 5.83. The van der Waals surface area contributed by atoms with Gasteiger partial charge in [0, 0.05) is 29.6 Å². The van der Waals surface area contributed by atoms with E-state index in [1.165, 1.54) is 0 Å². The van der Waals surface area contributed by atoms with E-state index in [0.717, 1.165) is 28.1 Å². The summed E-state index contributed by atoms with van der Waals surface area (Å²) < 4.78 is 0. The summed E-state index contributed by atoms with van der Waals surface area (Å²) in [6.45, 7) is 1.85. The van der Waals surface area contributed by atoms with Crippen LogP contribution in [0, 0.1) is 5.92 Å². The van der Waals surface area contributed by atoms with Gasteiger partial charge in [-0.1, -0.05) is 85.0 Å². The number of allylic oxidation sites excluding steroid dienone is 1. The maximum Gasteiger partial charge on any atom is 0.0986 e. The molecule has 2 aromatic carbocycles. The molecule has 1 aliphatic rings. The second-order valence-corrected chi connectivity index (χ2v) is 7.73. The number of nitrogens with zero attached hydrogens (tertiary/aromatic N) is 1. The van der Waals surface area contributed by atoms with Crippen molar-refractivity contribution >= 4 is 24.4 Å². The largest absolute Gasteiger partial charge is 0.384 e. The molecule has 0 aliphatic carbocycles. The molecule has 2 heterocycles. The number of hydrogen-bond donors (Lipinski definition) is 2. The molecule has 1 aromatic heterocycles. The quantitative estimate of drug-likeness (QED) is 0.485. The van der Waals surface area contributed by atoms with Crippen LogP contribution >= 0.6 is 0 Å². The van der Waals surface area contributed by atoms with Crippen molar-refractivity contribution in [2.45, 2.75) is 12.5 Å². The zero-order chi connectivity index (χ0) is 21.5. The first-order valence-corrected chi connectivity index (χ1v) is 10.4. The van der Waals surface area contributed by atoms with Crippen LogP contribution in [-0.2, 0) is 0 Å². The normalized spacial score (nSPS) is 17.1. The van der Waals surface area contributed by atoms with E-state index in [4.69, 9.17) is 0 Å². The fourth-order valence-corrected chi connectivity index (χ4v) is 3.65. The van der Waals surface area contributed by atoms with Crippen LogP contribution in [0.4, 0.5) is 0 Å². The third-order valence-corrected chi connectivity index (χ3v) is 5.43. The van der Waals surface area contributed by atoms with Crippen molar-refractivity contribution in [1.29, 1.82) is 0 Å². The molecule has 0 saturated heterocycles. The van der Waals surface area contributed by atoms with Crippen LogP contribution in [0.3, 0.4) is 0 Å². The number of rotatable bonds is 7. The molecule has 3 nitrogen and oxygen atoms in total. The van der Waals surface area contributed by atoms with E-state index < -0.39 is 5.60 Å². The lowest BCUT2D eigenvalue weighted by atomic mass is 9.80. The standard InChI is InChI=1S/C28H26N2O/c1-28(31,26-18-20-30-27(26)21-25-13-8-19-29-25)24(16-14-22-9-4-2-5-10-22)17-15-23-11-6-3-7-12-23/h2-21,24,29,31H,1H3/b16-14+,17-15+,27-21-. The lowest BCUT2D eigenvalue weighted by Crippen LogP contribution is -2.35. The Balaban J connectivity index is 1.67. The topological polar surface area (TPSA) is 48.4 Å². The Bertz CT molecular complexity index is 1080. The van der Waals surface area contributed by atoms with Crippen molar-refractivity contribution < 1.29 is 5.11 Å². The molecular formula is C28H26N2O. The molecule has 1 aliphatic heterocycles. The monoisotopic (exact) mass is 406 g/mol. The van der Waals surface area contributed by atoms with Gasteiger partial charge in [0.2, 0.25) is 0 Å². The lowest BCUT2D eigenvalue weighted by Gasteiger charge is -2.31. The summed E-state index contributed by atoms with van der Waals surface area (Å²) in [5.74, 6) is -0.257. The van der Waals surface area contributed by atoms with Crippen LogP contribution in [0.2, 0.25) is 0 Å². The number of H-pyrrole nitrogens is 1. The molecule has 3 heteroatoms. The van der Waals surface area contributed by atoms with E-state index in [1.54, 1.807) is 6.21 Å². The zero-order valence-corrected chi connectivity index (χ0v) is 17.5. The lowest BCUT2D eigenvalue weighted by molar-refractivity contribution is 0.0758. The van der Waals surface area contributed by atoms with Crippen LogP contribution in [0.25, 0.3) is 18.2 Å². The highest BCUT2D eigenvalue weighted by Gasteiger charge is 2.35. The molecule has 0 bridgehead atoms. The van der Waals surface area contributed by atoms with Crippen molar-refractivity contribution in [3.63, 3.8) is 0 Å². The predicted octanol–water partition coefficient (Wildman–Crippen LogP) is 6.16. The Morgan fingerprint density at radius 2 is 1.48 bits per heavy atom. The van der Waals surface area contributed by atoms with E-state index in [0.29, 0.717) is 0 Å². The van der Waals surface area contributed by atoms with Crippen molar-refractivity contribution in [3.8, 4) is 0 Å². The number of nitrogens with one attached hydrogen (secondary N) is 1. The summed E-state index contributed by atoms with van der Waals surface area (Å²) in [5.41, 5.74) is 3.55. The zero-order valence-electron chi connectivity index (χ0n) is 17.5. The molecule has 1 atom stereocenters.